The number of nitrogens with zero attached hydrogens (tertiary/aromatic N) is 3. The molecule has 104 valence electrons. The first kappa shape index (κ1) is 14.2. The number of aryl methyl sites for hydroxylation is 2. The summed E-state index contributed by atoms with van der Waals surface area (Å²) >= 11 is 1.72. The first-order chi connectivity index (χ1) is 9.13. The highest BCUT2D eigenvalue weighted by atomic mass is 32.1. The summed E-state index contributed by atoms with van der Waals surface area (Å²) < 4.78 is 1.97. The number of rotatable bonds is 6. The molecule has 0 amide bonds. The van der Waals surface area contributed by atoms with Gasteiger partial charge in [0.15, 0.2) is 0 Å². The predicted molar refractivity (Wildman–Crippen MR) is 79.5 cm³/mol. The molecule has 2 rings (SSSR count). The van der Waals surface area contributed by atoms with E-state index in [4.69, 9.17) is 0 Å². The molecule has 1 unspecified atom stereocenters. The second-order valence-electron chi connectivity index (χ2n) is 4.84. The summed E-state index contributed by atoms with van der Waals surface area (Å²) in [6.45, 7) is 7.43. The van der Waals surface area contributed by atoms with Crippen molar-refractivity contribution in [2.24, 2.45) is 7.05 Å². The standard InChI is InChI=1S/C14H22N4S/c1-5-6-15-12(9-13-16-7-8-19-13)14-10(2)17-18(4)11(14)3/h7-8,12,15H,5-6,9H2,1-4H3. The Morgan fingerprint density at radius 3 is 2.74 bits per heavy atom. The number of hydrogen-bond donors (Lipinski definition) is 1. The van der Waals surface area contributed by atoms with Gasteiger partial charge in [0, 0.05) is 42.3 Å². The van der Waals surface area contributed by atoms with Crippen molar-refractivity contribution >= 4 is 11.3 Å². The molecule has 5 heteroatoms. The van der Waals surface area contributed by atoms with E-state index in [1.165, 1.54) is 16.3 Å². The quantitative estimate of drug-likeness (QED) is 0.883. The normalized spacial score (nSPS) is 12.8. The molecule has 1 N–H and O–H groups in total. The predicted octanol–water partition coefficient (Wildman–Crippen LogP) is 2.78. The third-order valence-electron chi connectivity index (χ3n) is 3.42. The number of hydrogen-bond acceptors (Lipinski definition) is 4. The van der Waals surface area contributed by atoms with E-state index in [2.05, 4.69) is 36.2 Å². The largest absolute Gasteiger partial charge is 0.309 e. The van der Waals surface area contributed by atoms with E-state index in [0.29, 0.717) is 6.04 Å². The van der Waals surface area contributed by atoms with Crippen molar-refractivity contribution < 1.29 is 0 Å². The van der Waals surface area contributed by atoms with Crippen LogP contribution in [0.5, 0.6) is 0 Å². The van der Waals surface area contributed by atoms with Gasteiger partial charge < -0.3 is 5.32 Å². The van der Waals surface area contributed by atoms with Gasteiger partial charge in [-0.15, -0.1) is 11.3 Å². The maximum absolute atomic E-state index is 4.53. The third kappa shape index (κ3) is 3.22. The number of nitrogens with one attached hydrogen (secondary N) is 1. The van der Waals surface area contributed by atoms with Gasteiger partial charge in [-0.25, -0.2) is 4.98 Å². The summed E-state index contributed by atoms with van der Waals surface area (Å²) in [4.78, 5) is 4.41. The molecule has 19 heavy (non-hydrogen) atoms. The van der Waals surface area contributed by atoms with Crippen molar-refractivity contribution in [2.75, 3.05) is 6.54 Å². The van der Waals surface area contributed by atoms with Crippen LogP contribution in [0.1, 0.15) is 41.3 Å². The Hall–Kier alpha value is -1.20. The molecule has 0 radical (unpaired) electrons. The molecule has 2 heterocycles. The van der Waals surface area contributed by atoms with Gasteiger partial charge in [0.2, 0.25) is 0 Å². The monoisotopic (exact) mass is 278 g/mol. The van der Waals surface area contributed by atoms with Crippen LogP contribution in [0.2, 0.25) is 0 Å². The lowest BCUT2D eigenvalue weighted by Crippen LogP contribution is -2.25. The number of aromatic nitrogens is 3. The number of thiazole rings is 1. The molecule has 1 atom stereocenters. The zero-order chi connectivity index (χ0) is 13.8. The van der Waals surface area contributed by atoms with Crippen LogP contribution in [0.3, 0.4) is 0 Å². The van der Waals surface area contributed by atoms with Gasteiger partial charge in [0.25, 0.3) is 0 Å². The van der Waals surface area contributed by atoms with E-state index in [1.807, 2.05) is 23.3 Å². The van der Waals surface area contributed by atoms with Gasteiger partial charge >= 0.3 is 0 Å². The minimum atomic E-state index is 0.305. The minimum absolute atomic E-state index is 0.305. The first-order valence-electron chi connectivity index (χ1n) is 6.75. The molecular formula is C14H22N4S. The van der Waals surface area contributed by atoms with Crippen molar-refractivity contribution in [3.05, 3.63) is 33.5 Å². The third-order valence-corrected chi connectivity index (χ3v) is 4.22. The van der Waals surface area contributed by atoms with Crippen LogP contribution in [0, 0.1) is 13.8 Å². The maximum Gasteiger partial charge on any atom is 0.0943 e. The van der Waals surface area contributed by atoms with Crippen LogP contribution >= 0.6 is 11.3 Å². The molecule has 0 spiro atoms. The highest BCUT2D eigenvalue weighted by Crippen LogP contribution is 2.25. The summed E-state index contributed by atoms with van der Waals surface area (Å²) in [6.07, 6.45) is 3.94. The van der Waals surface area contributed by atoms with Crippen LogP contribution in [-0.4, -0.2) is 21.3 Å². The zero-order valence-corrected chi connectivity index (χ0v) is 12.9. The van der Waals surface area contributed by atoms with E-state index in [1.54, 1.807) is 11.3 Å². The van der Waals surface area contributed by atoms with Gasteiger partial charge in [0.05, 0.1) is 10.7 Å². The lowest BCUT2D eigenvalue weighted by Gasteiger charge is -2.18. The van der Waals surface area contributed by atoms with Crippen molar-refractivity contribution in [1.82, 2.24) is 20.1 Å². The van der Waals surface area contributed by atoms with E-state index in [9.17, 15) is 0 Å². The van der Waals surface area contributed by atoms with Crippen molar-refractivity contribution in [1.29, 1.82) is 0 Å². The molecule has 0 aliphatic carbocycles. The molecule has 2 aromatic heterocycles. The summed E-state index contributed by atoms with van der Waals surface area (Å²) in [7, 11) is 2.01. The molecule has 0 saturated carbocycles. The molecule has 0 aromatic carbocycles. The maximum atomic E-state index is 4.53. The van der Waals surface area contributed by atoms with Gasteiger partial charge in [0.1, 0.15) is 0 Å². The average Bonchev–Trinajstić information content (AvgIpc) is 2.95. The molecule has 4 nitrogen and oxygen atoms in total. The summed E-state index contributed by atoms with van der Waals surface area (Å²) in [5, 5.41) is 11.4. The van der Waals surface area contributed by atoms with E-state index >= 15 is 0 Å². The molecule has 0 fully saturated rings. The van der Waals surface area contributed by atoms with E-state index in [-0.39, 0.29) is 0 Å². The zero-order valence-electron chi connectivity index (χ0n) is 12.1. The molecule has 2 aromatic rings. The molecule has 0 aliphatic heterocycles. The lowest BCUT2D eigenvalue weighted by molar-refractivity contribution is 0.523. The van der Waals surface area contributed by atoms with Gasteiger partial charge in [-0.1, -0.05) is 6.92 Å². The topological polar surface area (TPSA) is 42.7 Å². The lowest BCUT2D eigenvalue weighted by atomic mass is 10.0. The summed E-state index contributed by atoms with van der Waals surface area (Å²) in [6, 6.07) is 0.305. The minimum Gasteiger partial charge on any atom is -0.309 e. The smallest absolute Gasteiger partial charge is 0.0943 e. The van der Waals surface area contributed by atoms with E-state index < -0.39 is 0 Å². The van der Waals surface area contributed by atoms with Gasteiger partial charge in [-0.2, -0.15) is 5.10 Å². The molecule has 0 bridgehead atoms. The Morgan fingerprint density at radius 1 is 1.42 bits per heavy atom. The second kappa shape index (κ2) is 6.30. The highest BCUT2D eigenvalue weighted by molar-refractivity contribution is 7.09. The summed E-state index contributed by atoms with van der Waals surface area (Å²) in [5.41, 5.74) is 3.68. The van der Waals surface area contributed by atoms with Gasteiger partial charge in [-0.05, 0) is 26.8 Å². The Balaban J connectivity index is 2.25. The Bertz CT molecular complexity index is 516. The van der Waals surface area contributed by atoms with Crippen LogP contribution in [-0.2, 0) is 13.5 Å². The fourth-order valence-electron chi connectivity index (χ4n) is 2.42. The van der Waals surface area contributed by atoms with E-state index in [0.717, 1.165) is 25.1 Å². The average molecular weight is 278 g/mol. The van der Waals surface area contributed by atoms with Crippen molar-refractivity contribution in [2.45, 2.75) is 39.7 Å². The SMILES string of the molecule is CCCNC(Cc1nccs1)c1c(C)nn(C)c1C. The van der Waals surface area contributed by atoms with Crippen LogP contribution in [0.4, 0.5) is 0 Å². The van der Waals surface area contributed by atoms with Crippen LogP contribution in [0.25, 0.3) is 0 Å². The summed E-state index contributed by atoms with van der Waals surface area (Å²) in [5.74, 6) is 0. The molecule has 0 saturated heterocycles. The molecule has 0 aliphatic rings. The first-order valence-corrected chi connectivity index (χ1v) is 7.63. The van der Waals surface area contributed by atoms with Crippen LogP contribution in [0.15, 0.2) is 11.6 Å². The Morgan fingerprint density at radius 2 is 2.21 bits per heavy atom. The fraction of sp³-hybridized carbons (Fsp3) is 0.571. The highest BCUT2D eigenvalue weighted by Gasteiger charge is 2.20. The molecular weight excluding hydrogens is 256 g/mol. The fourth-order valence-corrected chi connectivity index (χ4v) is 3.08. The Labute approximate surface area is 118 Å². The second-order valence-corrected chi connectivity index (χ2v) is 5.82. The Kier molecular flexibility index (Phi) is 4.71. The van der Waals surface area contributed by atoms with Crippen molar-refractivity contribution in [3.63, 3.8) is 0 Å². The van der Waals surface area contributed by atoms with Crippen LogP contribution < -0.4 is 5.32 Å². The van der Waals surface area contributed by atoms with Gasteiger partial charge in [-0.3, -0.25) is 4.68 Å². The van der Waals surface area contributed by atoms with Crippen molar-refractivity contribution in [3.8, 4) is 0 Å².